The van der Waals surface area contributed by atoms with E-state index in [9.17, 15) is 14.4 Å². The molecule has 1 aromatic carbocycles. The van der Waals surface area contributed by atoms with Crippen molar-refractivity contribution in [3.05, 3.63) is 44.5 Å². The number of hydrogen-bond donors (Lipinski definition) is 3. The standard InChI is InChI=1S/C13H12N4O4/c1-14-11(18)6-4-3-5-7-9(6)21-10-8(15-7)13(20)17(2)16-12(10)19/h3-5,15H,1-2H3,(H,14,18)(H,16,19). The molecule has 0 saturated heterocycles. The molecule has 2 heterocycles. The van der Waals surface area contributed by atoms with Gasteiger partial charge in [0.15, 0.2) is 11.4 Å². The Bertz CT molecular complexity index is 865. The number of anilines is 2. The highest BCUT2D eigenvalue weighted by molar-refractivity contribution is 5.99. The van der Waals surface area contributed by atoms with Crippen molar-refractivity contribution in [2.75, 3.05) is 12.4 Å². The summed E-state index contributed by atoms with van der Waals surface area (Å²) in [6.45, 7) is 0. The van der Waals surface area contributed by atoms with Gasteiger partial charge in [0, 0.05) is 14.1 Å². The summed E-state index contributed by atoms with van der Waals surface area (Å²) in [4.78, 5) is 35.8. The maximum Gasteiger partial charge on any atom is 0.308 e. The molecule has 21 heavy (non-hydrogen) atoms. The SMILES string of the molecule is CNC(=O)c1cccc2c1Oc1c(c(=O)n(C)[nH]c1=O)N2. The molecule has 0 saturated carbocycles. The molecule has 0 bridgehead atoms. The summed E-state index contributed by atoms with van der Waals surface area (Å²) in [6.07, 6.45) is 0. The number of amides is 1. The molecule has 1 aliphatic heterocycles. The van der Waals surface area contributed by atoms with Gasteiger partial charge in [-0.05, 0) is 12.1 Å². The number of hydrogen-bond acceptors (Lipinski definition) is 5. The molecule has 2 aromatic rings. The molecule has 1 aliphatic rings. The van der Waals surface area contributed by atoms with Gasteiger partial charge in [0.25, 0.3) is 11.5 Å². The molecular weight excluding hydrogens is 276 g/mol. The minimum atomic E-state index is -0.558. The van der Waals surface area contributed by atoms with Gasteiger partial charge in [0.05, 0.1) is 11.3 Å². The molecule has 3 rings (SSSR count). The van der Waals surface area contributed by atoms with Crippen molar-refractivity contribution < 1.29 is 9.53 Å². The van der Waals surface area contributed by atoms with E-state index in [1.54, 1.807) is 18.2 Å². The van der Waals surface area contributed by atoms with Crippen molar-refractivity contribution in [1.29, 1.82) is 0 Å². The van der Waals surface area contributed by atoms with Crippen LogP contribution < -0.4 is 26.5 Å². The summed E-state index contributed by atoms with van der Waals surface area (Å²) < 4.78 is 6.58. The highest BCUT2D eigenvalue weighted by atomic mass is 16.5. The van der Waals surface area contributed by atoms with Crippen LogP contribution in [-0.4, -0.2) is 22.7 Å². The van der Waals surface area contributed by atoms with Gasteiger partial charge in [0.1, 0.15) is 0 Å². The summed E-state index contributed by atoms with van der Waals surface area (Å²) in [7, 11) is 2.93. The number of H-pyrrole nitrogens is 1. The molecule has 8 heteroatoms. The van der Waals surface area contributed by atoms with Crippen molar-refractivity contribution in [1.82, 2.24) is 15.1 Å². The van der Waals surface area contributed by atoms with Crippen LogP contribution in [0.3, 0.4) is 0 Å². The molecule has 1 amide bonds. The van der Waals surface area contributed by atoms with Crippen LogP contribution in [0.1, 0.15) is 10.4 Å². The fourth-order valence-corrected chi connectivity index (χ4v) is 2.14. The van der Waals surface area contributed by atoms with Gasteiger partial charge in [-0.3, -0.25) is 24.2 Å². The number of aromatic nitrogens is 2. The number of nitrogens with one attached hydrogen (secondary N) is 3. The predicted octanol–water partition coefficient (Wildman–Crippen LogP) is 0.282. The Morgan fingerprint density at radius 3 is 2.76 bits per heavy atom. The first-order valence-corrected chi connectivity index (χ1v) is 6.16. The fourth-order valence-electron chi connectivity index (χ4n) is 2.14. The van der Waals surface area contributed by atoms with E-state index in [0.29, 0.717) is 5.69 Å². The summed E-state index contributed by atoms with van der Waals surface area (Å²) in [5, 5.41) is 7.69. The number of nitrogens with zero attached hydrogens (tertiary/aromatic N) is 1. The molecule has 0 spiro atoms. The summed E-state index contributed by atoms with van der Waals surface area (Å²) >= 11 is 0. The molecule has 3 N–H and O–H groups in total. The second-order valence-electron chi connectivity index (χ2n) is 4.50. The van der Waals surface area contributed by atoms with E-state index in [1.807, 2.05) is 0 Å². The molecule has 0 radical (unpaired) electrons. The molecular formula is C13H12N4O4. The summed E-state index contributed by atoms with van der Waals surface area (Å²) in [5.74, 6) is -0.289. The largest absolute Gasteiger partial charge is 0.446 e. The van der Waals surface area contributed by atoms with Crippen LogP contribution >= 0.6 is 0 Å². The quantitative estimate of drug-likeness (QED) is 0.596. The van der Waals surface area contributed by atoms with E-state index in [4.69, 9.17) is 4.74 Å². The van der Waals surface area contributed by atoms with Crippen molar-refractivity contribution in [2.24, 2.45) is 7.05 Å². The van der Waals surface area contributed by atoms with E-state index in [-0.39, 0.29) is 28.7 Å². The first-order chi connectivity index (χ1) is 10.0. The topological polar surface area (TPSA) is 105 Å². The Morgan fingerprint density at radius 1 is 1.29 bits per heavy atom. The van der Waals surface area contributed by atoms with Crippen molar-refractivity contribution >= 4 is 17.3 Å². The Morgan fingerprint density at radius 2 is 2.05 bits per heavy atom. The Hall–Kier alpha value is -3.03. The highest BCUT2D eigenvalue weighted by Gasteiger charge is 2.26. The third-order valence-corrected chi connectivity index (χ3v) is 3.17. The predicted molar refractivity (Wildman–Crippen MR) is 75.5 cm³/mol. The monoisotopic (exact) mass is 288 g/mol. The Labute approximate surface area is 118 Å². The zero-order valence-corrected chi connectivity index (χ0v) is 11.3. The van der Waals surface area contributed by atoms with Gasteiger partial charge in [-0.15, -0.1) is 0 Å². The average molecular weight is 288 g/mol. The first-order valence-electron chi connectivity index (χ1n) is 6.16. The van der Waals surface area contributed by atoms with E-state index in [1.165, 1.54) is 14.1 Å². The number of rotatable bonds is 1. The molecule has 0 aliphatic carbocycles. The smallest absolute Gasteiger partial charge is 0.308 e. The van der Waals surface area contributed by atoms with Crippen LogP contribution in [0.15, 0.2) is 27.8 Å². The van der Waals surface area contributed by atoms with Crippen LogP contribution in [0.25, 0.3) is 0 Å². The van der Waals surface area contributed by atoms with E-state index >= 15 is 0 Å². The zero-order chi connectivity index (χ0) is 15.1. The second kappa shape index (κ2) is 4.51. The highest BCUT2D eigenvalue weighted by Crippen LogP contribution is 2.40. The van der Waals surface area contributed by atoms with E-state index < -0.39 is 11.1 Å². The van der Waals surface area contributed by atoms with Crippen molar-refractivity contribution in [2.45, 2.75) is 0 Å². The number of benzene rings is 1. The van der Waals surface area contributed by atoms with Gasteiger partial charge in [-0.2, -0.15) is 0 Å². The summed E-state index contributed by atoms with van der Waals surface area (Å²) in [5.41, 5.74) is -0.222. The third kappa shape index (κ3) is 1.88. The third-order valence-electron chi connectivity index (χ3n) is 3.17. The number of aromatic amines is 1. The maximum atomic E-state index is 12.0. The molecule has 108 valence electrons. The van der Waals surface area contributed by atoms with Crippen LogP contribution in [0.5, 0.6) is 11.5 Å². The van der Waals surface area contributed by atoms with Gasteiger partial charge in [0.2, 0.25) is 5.75 Å². The van der Waals surface area contributed by atoms with Crippen molar-refractivity contribution in [3.8, 4) is 11.5 Å². The minimum Gasteiger partial charge on any atom is -0.446 e. The normalized spacial score (nSPS) is 11.7. The number of ether oxygens (including phenoxy) is 1. The molecule has 0 atom stereocenters. The number of carbonyl (C=O) groups excluding carboxylic acids is 1. The molecule has 1 aromatic heterocycles. The second-order valence-corrected chi connectivity index (χ2v) is 4.50. The van der Waals surface area contributed by atoms with Crippen LogP contribution in [0.4, 0.5) is 11.4 Å². The Kier molecular flexibility index (Phi) is 2.79. The van der Waals surface area contributed by atoms with Crippen molar-refractivity contribution in [3.63, 3.8) is 0 Å². The van der Waals surface area contributed by atoms with Gasteiger partial charge >= 0.3 is 5.56 Å². The van der Waals surface area contributed by atoms with Gasteiger partial charge in [-0.1, -0.05) is 6.07 Å². The number of carbonyl (C=O) groups is 1. The van der Waals surface area contributed by atoms with Gasteiger partial charge < -0.3 is 15.4 Å². The lowest BCUT2D eigenvalue weighted by Gasteiger charge is -2.22. The maximum absolute atomic E-state index is 12.0. The Balaban J connectivity index is 2.22. The lowest BCUT2D eigenvalue weighted by molar-refractivity contribution is 0.0961. The van der Waals surface area contributed by atoms with Crippen LogP contribution in [0.2, 0.25) is 0 Å². The lowest BCUT2D eigenvalue weighted by Crippen LogP contribution is -2.32. The van der Waals surface area contributed by atoms with Crippen LogP contribution in [-0.2, 0) is 7.05 Å². The first kappa shape index (κ1) is 13.0. The molecule has 0 fully saturated rings. The number of fused-ring (bicyclic) bond motifs is 2. The lowest BCUT2D eigenvalue weighted by atomic mass is 10.1. The van der Waals surface area contributed by atoms with Gasteiger partial charge in [-0.25, -0.2) is 0 Å². The number of para-hydroxylation sites is 1. The van der Waals surface area contributed by atoms with E-state index in [0.717, 1.165) is 4.68 Å². The minimum absolute atomic E-state index is 0.0443. The number of aryl methyl sites for hydroxylation is 1. The molecule has 8 nitrogen and oxygen atoms in total. The van der Waals surface area contributed by atoms with Crippen LogP contribution in [0, 0.1) is 0 Å². The van der Waals surface area contributed by atoms with E-state index in [2.05, 4.69) is 15.7 Å². The average Bonchev–Trinajstić information content (AvgIpc) is 2.50. The zero-order valence-electron chi connectivity index (χ0n) is 11.3. The summed E-state index contributed by atoms with van der Waals surface area (Å²) in [6, 6.07) is 4.88. The molecule has 0 unspecified atom stereocenters. The fraction of sp³-hybridized carbons (Fsp3) is 0.154.